The molecule has 2 nitrogen and oxygen atoms in total. The number of hydrogen-bond donors (Lipinski definition) is 0. The molecule has 0 bridgehead atoms. The molecule has 1 fully saturated rings. The van der Waals surface area contributed by atoms with Gasteiger partial charge in [0.2, 0.25) is 0 Å². The van der Waals surface area contributed by atoms with Crippen LogP contribution in [0.15, 0.2) is 24.3 Å². The van der Waals surface area contributed by atoms with E-state index in [1.807, 2.05) is 0 Å². The number of ketones is 1. The predicted molar refractivity (Wildman–Crippen MR) is 54.3 cm³/mol. The second-order valence-corrected chi connectivity index (χ2v) is 3.70. The van der Waals surface area contributed by atoms with Crippen molar-refractivity contribution in [2.75, 3.05) is 6.61 Å². The van der Waals surface area contributed by atoms with E-state index in [1.54, 1.807) is 12.1 Å². The zero-order valence-electron chi connectivity index (χ0n) is 8.41. The van der Waals surface area contributed by atoms with Crippen LogP contribution in [-0.2, 0) is 4.74 Å². The van der Waals surface area contributed by atoms with Crippen LogP contribution in [0.2, 0.25) is 0 Å². The summed E-state index contributed by atoms with van der Waals surface area (Å²) in [6.07, 6.45) is 2.22. The van der Waals surface area contributed by atoms with Crippen LogP contribution >= 0.6 is 0 Å². The van der Waals surface area contributed by atoms with Crippen LogP contribution in [-0.4, -0.2) is 18.5 Å². The Bertz CT molecular complexity index is 356. The zero-order valence-corrected chi connectivity index (χ0v) is 8.41. The average Bonchev–Trinajstić information content (AvgIpc) is 2.30. The summed E-state index contributed by atoms with van der Waals surface area (Å²) in [5, 5.41) is 0. The van der Waals surface area contributed by atoms with E-state index in [-0.39, 0.29) is 11.3 Å². The van der Waals surface area contributed by atoms with E-state index in [0.29, 0.717) is 13.0 Å². The molecule has 1 unspecified atom stereocenters. The van der Waals surface area contributed by atoms with E-state index in [0.717, 1.165) is 12.8 Å². The molecule has 1 aliphatic heterocycles. The molecule has 0 radical (unpaired) electrons. The van der Waals surface area contributed by atoms with Crippen molar-refractivity contribution in [3.8, 4) is 0 Å². The number of ether oxygens (including phenoxy) is 1. The maximum atomic E-state index is 13.3. The monoisotopic (exact) mass is 208 g/mol. The lowest BCUT2D eigenvalue weighted by atomic mass is 9.99. The minimum Gasteiger partial charge on any atom is -0.370 e. The second-order valence-electron chi connectivity index (χ2n) is 3.70. The van der Waals surface area contributed by atoms with Gasteiger partial charge in [0, 0.05) is 6.61 Å². The van der Waals surface area contributed by atoms with Gasteiger partial charge >= 0.3 is 0 Å². The highest BCUT2D eigenvalue weighted by Crippen LogP contribution is 2.18. The number of benzene rings is 1. The van der Waals surface area contributed by atoms with Crippen molar-refractivity contribution in [2.45, 2.75) is 25.4 Å². The van der Waals surface area contributed by atoms with Crippen molar-refractivity contribution in [3.05, 3.63) is 35.6 Å². The van der Waals surface area contributed by atoms with Gasteiger partial charge in [-0.2, -0.15) is 0 Å². The summed E-state index contributed by atoms with van der Waals surface area (Å²) >= 11 is 0. The second kappa shape index (κ2) is 4.53. The molecule has 0 spiro atoms. The summed E-state index contributed by atoms with van der Waals surface area (Å²) in [5.41, 5.74) is 0.143. The van der Waals surface area contributed by atoms with E-state index in [4.69, 9.17) is 4.74 Å². The molecule has 15 heavy (non-hydrogen) atoms. The molecule has 3 heteroatoms. The highest BCUT2D eigenvalue weighted by atomic mass is 19.1. The van der Waals surface area contributed by atoms with Crippen molar-refractivity contribution in [3.63, 3.8) is 0 Å². The van der Waals surface area contributed by atoms with E-state index in [9.17, 15) is 9.18 Å². The van der Waals surface area contributed by atoms with Crippen LogP contribution in [0.4, 0.5) is 4.39 Å². The highest BCUT2D eigenvalue weighted by Gasteiger charge is 2.24. The van der Waals surface area contributed by atoms with Crippen LogP contribution < -0.4 is 0 Å². The van der Waals surface area contributed by atoms with Crippen molar-refractivity contribution in [1.29, 1.82) is 0 Å². The Balaban J connectivity index is 2.16. The topological polar surface area (TPSA) is 26.3 Å². The minimum atomic E-state index is -0.461. The van der Waals surface area contributed by atoms with Crippen LogP contribution in [0.25, 0.3) is 0 Å². The molecular weight excluding hydrogens is 195 g/mol. The van der Waals surface area contributed by atoms with Crippen molar-refractivity contribution in [2.24, 2.45) is 0 Å². The molecule has 0 amide bonds. The lowest BCUT2D eigenvalue weighted by molar-refractivity contribution is 0.0183. The summed E-state index contributed by atoms with van der Waals surface area (Å²) in [6.45, 7) is 0.602. The maximum absolute atomic E-state index is 13.3. The van der Waals surface area contributed by atoms with Gasteiger partial charge in [0.05, 0.1) is 5.56 Å². The van der Waals surface area contributed by atoms with Gasteiger partial charge in [0.15, 0.2) is 5.78 Å². The lowest BCUT2D eigenvalue weighted by Crippen LogP contribution is -2.28. The maximum Gasteiger partial charge on any atom is 0.194 e. The molecule has 1 saturated heterocycles. The van der Waals surface area contributed by atoms with Gasteiger partial charge in [0.1, 0.15) is 11.9 Å². The Hall–Kier alpha value is -1.22. The zero-order chi connectivity index (χ0) is 10.7. The largest absolute Gasteiger partial charge is 0.370 e. The average molecular weight is 208 g/mol. The van der Waals surface area contributed by atoms with Gasteiger partial charge in [-0.05, 0) is 31.4 Å². The number of rotatable bonds is 2. The Kier molecular flexibility index (Phi) is 3.11. The van der Waals surface area contributed by atoms with Gasteiger partial charge < -0.3 is 4.74 Å². The van der Waals surface area contributed by atoms with Crippen molar-refractivity contribution in [1.82, 2.24) is 0 Å². The summed E-state index contributed by atoms with van der Waals surface area (Å²) in [6, 6.07) is 6.05. The fourth-order valence-corrected chi connectivity index (χ4v) is 1.78. The number of Topliss-reactive ketones (excluding diaryl/α,β-unsaturated/α-hetero) is 1. The Morgan fingerprint density at radius 2 is 2.13 bits per heavy atom. The van der Waals surface area contributed by atoms with Crippen LogP contribution in [0.5, 0.6) is 0 Å². The fourth-order valence-electron chi connectivity index (χ4n) is 1.78. The summed E-state index contributed by atoms with van der Waals surface area (Å²) < 4.78 is 18.7. The Morgan fingerprint density at radius 3 is 2.80 bits per heavy atom. The quantitative estimate of drug-likeness (QED) is 0.698. The molecule has 1 aromatic carbocycles. The normalized spacial score (nSPS) is 21.3. The predicted octanol–water partition coefficient (Wildman–Crippen LogP) is 2.58. The molecule has 1 aliphatic rings. The fraction of sp³-hybridized carbons (Fsp3) is 0.417. The van der Waals surface area contributed by atoms with Gasteiger partial charge in [-0.15, -0.1) is 0 Å². The summed E-state index contributed by atoms with van der Waals surface area (Å²) in [5.74, 6) is -0.690. The van der Waals surface area contributed by atoms with E-state index >= 15 is 0 Å². The van der Waals surface area contributed by atoms with Crippen molar-refractivity contribution >= 4 is 5.78 Å². The van der Waals surface area contributed by atoms with Gasteiger partial charge in [-0.25, -0.2) is 4.39 Å². The number of hydrogen-bond acceptors (Lipinski definition) is 2. The number of carbonyl (C=O) groups is 1. The molecule has 1 atom stereocenters. The summed E-state index contributed by atoms with van der Waals surface area (Å²) in [7, 11) is 0. The Labute approximate surface area is 88.1 Å². The van der Waals surface area contributed by atoms with Crippen LogP contribution in [0.1, 0.15) is 29.6 Å². The smallest absolute Gasteiger partial charge is 0.194 e. The summed E-state index contributed by atoms with van der Waals surface area (Å²) in [4.78, 5) is 11.9. The molecule has 0 aromatic heterocycles. The molecule has 0 saturated carbocycles. The first kappa shape index (κ1) is 10.3. The third kappa shape index (κ3) is 2.23. The van der Waals surface area contributed by atoms with Crippen LogP contribution in [0, 0.1) is 5.82 Å². The molecule has 2 rings (SSSR count). The molecule has 0 aliphatic carbocycles. The first-order valence-electron chi connectivity index (χ1n) is 5.19. The number of halogens is 1. The third-order valence-electron chi connectivity index (χ3n) is 2.61. The van der Waals surface area contributed by atoms with Gasteiger partial charge in [-0.1, -0.05) is 12.1 Å². The first-order valence-corrected chi connectivity index (χ1v) is 5.19. The van der Waals surface area contributed by atoms with Gasteiger partial charge in [0.25, 0.3) is 0 Å². The van der Waals surface area contributed by atoms with Gasteiger partial charge in [-0.3, -0.25) is 4.79 Å². The standard InChI is InChI=1S/C12H13FO2/c13-10-6-2-1-5-9(10)12(14)11-7-3-4-8-15-11/h1-2,5-6,11H,3-4,7-8H2. The number of carbonyl (C=O) groups excluding carboxylic acids is 1. The van der Waals surface area contributed by atoms with Crippen molar-refractivity contribution < 1.29 is 13.9 Å². The van der Waals surface area contributed by atoms with E-state index < -0.39 is 11.9 Å². The lowest BCUT2D eigenvalue weighted by Gasteiger charge is -2.21. The highest BCUT2D eigenvalue weighted by molar-refractivity contribution is 5.99. The van der Waals surface area contributed by atoms with E-state index in [1.165, 1.54) is 12.1 Å². The minimum absolute atomic E-state index is 0.143. The molecule has 80 valence electrons. The SMILES string of the molecule is O=C(c1ccccc1F)C1CCCCO1. The molecule has 1 aromatic rings. The van der Waals surface area contributed by atoms with E-state index in [2.05, 4.69) is 0 Å². The third-order valence-corrected chi connectivity index (χ3v) is 2.61. The molecule has 1 heterocycles. The Morgan fingerprint density at radius 1 is 1.33 bits per heavy atom. The molecular formula is C12H13FO2. The molecule has 0 N–H and O–H groups in total. The first-order chi connectivity index (χ1) is 7.29. The van der Waals surface area contributed by atoms with Crippen LogP contribution in [0.3, 0.4) is 0 Å².